The average Bonchev–Trinajstić information content (AvgIpc) is 3.49. The molecular formula is C20H23FN6O3S. The first-order valence-corrected chi connectivity index (χ1v) is 10.8. The number of carbonyl (C=O) groups is 1. The van der Waals surface area contributed by atoms with Crippen LogP contribution in [0, 0.1) is 5.82 Å². The Labute approximate surface area is 181 Å². The van der Waals surface area contributed by atoms with Gasteiger partial charge in [-0.05, 0) is 44.0 Å². The van der Waals surface area contributed by atoms with Gasteiger partial charge in [-0.2, -0.15) is 4.98 Å². The predicted octanol–water partition coefficient (Wildman–Crippen LogP) is 3.00. The van der Waals surface area contributed by atoms with Crippen LogP contribution in [-0.2, 0) is 4.79 Å². The highest BCUT2D eigenvalue weighted by Gasteiger charge is 2.30. The Hall–Kier alpha value is -3.05. The number of amides is 1. The van der Waals surface area contributed by atoms with Gasteiger partial charge in [0.05, 0.1) is 4.88 Å². The van der Waals surface area contributed by atoms with E-state index in [9.17, 15) is 14.3 Å². The van der Waals surface area contributed by atoms with Gasteiger partial charge in [-0.25, -0.2) is 9.37 Å². The number of nitrogens with two attached hydrogens (primary N) is 2. The molecule has 2 aromatic heterocycles. The van der Waals surface area contributed by atoms with Crippen LogP contribution >= 0.6 is 11.3 Å². The van der Waals surface area contributed by atoms with E-state index in [1.165, 1.54) is 29.2 Å². The first-order valence-electron chi connectivity index (χ1n) is 9.97. The van der Waals surface area contributed by atoms with Gasteiger partial charge in [0.2, 0.25) is 5.91 Å². The van der Waals surface area contributed by atoms with Crippen LogP contribution in [0.3, 0.4) is 0 Å². The van der Waals surface area contributed by atoms with Crippen LogP contribution in [0.2, 0.25) is 0 Å². The number of aromatic nitrogens is 3. The van der Waals surface area contributed by atoms with Crippen molar-refractivity contribution >= 4 is 33.9 Å². The number of hydrogen-bond acceptors (Lipinski definition) is 9. The molecule has 2 unspecified atom stereocenters. The third-order valence-electron chi connectivity index (χ3n) is 5.44. The minimum absolute atomic E-state index is 0.0417. The molecule has 3 aromatic rings. The third-order valence-corrected chi connectivity index (χ3v) is 6.56. The second-order valence-electron chi connectivity index (χ2n) is 7.55. The van der Waals surface area contributed by atoms with Crippen molar-refractivity contribution in [2.75, 3.05) is 10.6 Å². The molecule has 5 N–H and O–H groups in total. The highest BCUT2D eigenvalue weighted by Crippen LogP contribution is 2.40. The van der Waals surface area contributed by atoms with Gasteiger partial charge in [-0.1, -0.05) is 29.3 Å². The number of thiazole rings is 1. The number of hydrogen-bond donors (Lipinski definition) is 3. The quantitative estimate of drug-likeness (QED) is 0.502. The third kappa shape index (κ3) is 4.23. The van der Waals surface area contributed by atoms with Crippen molar-refractivity contribution in [1.29, 1.82) is 0 Å². The van der Waals surface area contributed by atoms with Crippen LogP contribution in [0.4, 0.5) is 21.0 Å². The molecule has 2 atom stereocenters. The van der Waals surface area contributed by atoms with Crippen molar-refractivity contribution in [3.05, 3.63) is 46.7 Å². The molecule has 1 amide bonds. The molecule has 1 aliphatic carbocycles. The van der Waals surface area contributed by atoms with Crippen molar-refractivity contribution < 1.29 is 18.8 Å². The van der Waals surface area contributed by atoms with Gasteiger partial charge in [0.1, 0.15) is 17.7 Å². The Balaban J connectivity index is 1.65. The first-order chi connectivity index (χ1) is 14.8. The lowest BCUT2D eigenvalue weighted by atomic mass is 10.1. The van der Waals surface area contributed by atoms with E-state index < -0.39 is 23.9 Å². The zero-order valence-electron chi connectivity index (χ0n) is 16.9. The van der Waals surface area contributed by atoms with Crippen LogP contribution < -0.4 is 16.4 Å². The summed E-state index contributed by atoms with van der Waals surface area (Å²) in [5.41, 5.74) is 12.1. The Bertz CT molecular complexity index is 1060. The molecule has 0 saturated heterocycles. The van der Waals surface area contributed by atoms with Crippen molar-refractivity contribution in [3.63, 3.8) is 0 Å². The number of halogens is 1. The normalized spacial score (nSPS) is 16.4. The van der Waals surface area contributed by atoms with E-state index in [-0.39, 0.29) is 17.6 Å². The first kappa shape index (κ1) is 21.2. The van der Waals surface area contributed by atoms with Gasteiger partial charge in [0.15, 0.2) is 17.1 Å². The van der Waals surface area contributed by atoms with E-state index in [2.05, 4.69) is 15.1 Å². The maximum absolute atomic E-state index is 13.4. The van der Waals surface area contributed by atoms with Gasteiger partial charge in [-0.15, -0.1) is 0 Å². The second-order valence-corrected chi connectivity index (χ2v) is 8.55. The van der Waals surface area contributed by atoms with Gasteiger partial charge in [-0.3, -0.25) is 4.79 Å². The lowest BCUT2D eigenvalue weighted by Crippen LogP contribution is -2.39. The summed E-state index contributed by atoms with van der Waals surface area (Å²) in [4.78, 5) is 22.4. The molecule has 1 fully saturated rings. The molecular weight excluding hydrogens is 423 g/mol. The Kier molecular flexibility index (Phi) is 5.88. The average molecular weight is 447 g/mol. The number of rotatable bonds is 7. The molecule has 0 bridgehead atoms. The number of primary amides is 1. The van der Waals surface area contributed by atoms with E-state index in [4.69, 9.17) is 16.0 Å². The monoisotopic (exact) mass is 446 g/mol. The van der Waals surface area contributed by atoms with Gasteiger partial charge in [0.25, 0.3) is 5.89 Å². The lowest BCUT2D eigenvalue weighted by molar-refractivity contribution is -0.118. The standard InChI is InChI=1S/C20H23FN6O3S/c1-10(17(23)29)27(13-8-6-12(21)7-9-13)20-24-16(22)15(31-20)14(28)19-25-18(26-30-19)11-4-2-3-5-11/h6-11,14,28H,2-5,22H2,1H3,(H2,23,29). The van der Waals surface area contributed by atoms with Gasteiger partial charge in [0, 0.05) is 11.6 Å². The van der Waals surface area contributed by atoms with E-state index in [1.807, 2.05) is 0 Å². The van der Waals surface area contributed by atoms with Gasteiger partial charge >= 0.3 is 0 Å². The van der Waals surface area contributed by atoms with Crippen LogP contribution in [-0.4, -0.2) is 32.2 Å². The van der Waals surface area contributed by atoms with E-state index in [0.717, 1.165) is 37.0 Å². The summed E-state index contributed by atoms with van der Waals surface area (Å²) in [6.45, 7) is 1.60. The Morgan fingerprint density at radius 1 is 1.29 bits per heavy atom. The molecule has 9 nitrogen and oxygen atoms in total. The minimum atomic E-state index is -1.26. The van der Waals surface area contributed by atoms with Crippen LogP contribution in [0.1, 0.15) is 61.2 Å². The summed E-state index contributed by atoms with van der Waals surface area (Å²) < 4.78 is 18.7. The summed E-state index contributed by atoms with van der Waals surface area (Å²) >= 11 is 1.07. The molecule has 4 rings (SSSR count). The molecule has 31 heavy (non-hydrogen) atoms. The van der Waals surface area contributed by atoms with E-state index in [0.29, 0.717) is 21.5 Å². The number of nitrogens with zero attached hydrogens (tertiary/aromatic N) is 4. The molecule has 2 heterocycles. The van der Waals surface area contributed by atoms with Crippen molar-refractivity contribution in [3.8, 4) is 0 Å². The zero-order valence-corrected chi connectivity index (χ0v) is 17.7. The number of aliphatic hydroxyl groups is 1. The van der Waals surface area contributed by atoms with Crippen LogP contribution in [0.5, 0.6) is 0 Å². The van der Waals surface area contributed by atoms with Crippen molar-refractivity contribution in [2.24, 2.45) is 5.73 Å². The summed E-state index contributed by atoms with van der Waals surface area (Å²) in [6, 6.07) is 4.76. The molecule has 1 aromatic carbocycles. The fraction of sp³-hybridized carbons (Fsp3) is 0.400. The largest absolute Gasteiger partial charge is 0.383 e. The highest BCUT2D eigenvalue weighted by molar-refractivity contribution is 7.16. The topological polar surface area (TPSA) is 144 Å². The number of nitrogen functional groups attached to an aromatic ring is 1. The second kappa shape index (κ2) is 8.60. The predicted molar refractivity (Wildman–Crippen MR) is 113 cm³/mol. The molecule has 11 heteroatoms. The Morgan fingerprint density at radius 2 is 1.97 bits per heavy atom. The maximum Gasteiger partial charge on any atom is 0.261 e. The maximum atomic E-state index is 13.4. The summed E-state index contributed by atoms with van der Waals surface area (Å²) in [5, 5.41) is 15.1. The summed E-state index contributed by atoms with van der Waals surface area (Å²) in [6.07, 6.45) is 2.99. The number of benzene rings is 1. The zero-order chi connectivity index (χ0) is 22.1. The number of aliphatic hydroxyl groups excluding tert-OH is 1. The number of anilines is 3. The van der Waals surface area contributed by atoms with Crippen LogP contribution in [0.25, 0.3) is 0 Å². The summed E-state index contributed by atoms with van der Waals surface area (Å²) in [5.74, 6) is -0.0791. The fourth-order valence-corrected chi connectivity index (χ4v) is 4.74. The fourth-order valence-electron chi connectivity index (χ4n) is 3.68. The van der Waals surface area contributed by atoms with E-state index in [1.54, 1.807) is 6.92 Å². The van der Waals surface area contributed by atoms with E-state index >= 15 is 0 Å². The lowest BCUT2D eigenvalue weighted by Gasteiger charge is -2.26. The van der Waals surface area contributed by atoms with Crippen molar-refractivity contribution in [2.45, 2.75) is 50.7 Å². The molecule has 0 aliphatic heterocycles. The summed E-state index contributed by atoms with van der Waals surface area (Å²) in [7, 11) is 0. The smallest absolute Gasteiger partial charge is 0.261 e. The highest BCUT2D eigenvalue weighted by atomic mass is 32.1. The number of carbonyl (C=O) groups excluding carboxylic acids is 1. The van der Waals surface area contributed by atoms with Gasteiger partial charge < -0.3 is 26.0 Å². The SMILES string of the molecule is CC(C(N)=O)N(c1ccc(F)cc1)c1nc(N)c(C(O)c2nc(C3CCCC3)no2)s1. The molecule has 0 spiro atoms. The molecule has 1 aliphatic rings. The Morgan fingerprint density at radius 3 is 2.61 bits per heavy atom. The molecule has 164 valence electrons. The van der Waals surface area contributed by atoms with Crippen LogP contribution in [0.15, 0.2) is 28.8 Å². The van der Waals surface area contributed by atoms with Crippen molar-refractivity contribution in [1.82, 2.24) is 15.1 Å². The molecule has 0 radical (unpaired) electrons. The minimum Gasteiger partial charge on any atom is -0.383 e. The molecule has 1 saturated carbocycles.